The smallest absolute Gasteiger partial charge is 0.0506 e. The molecule has 0 amide bonds. The highest BCUT2D eigenvalue weighted by molar-refractivity contribution is 5.85. The van der Waals surface area contributed by atoms with Crippen LogP contribution in [0.15, 0.2) is 0 Å². The molecule has 0 aromatic heterocycles. The normalized spacial score (nSPS) is 22.8. The van der Waals surface area contributed by atoms with E-state index < -0.39 is 0 Å². The van der Waals surface area contributed by atoms with E-state index in [1.165, 1.54) is 32.5 Å². The van der Waals surface area contributed by atoms with Crippen molar-refractivity contribution in [2.24, 2.45) is 5.92 Å². The molecule has 1 rings (SSSR count). The van der Waals surface area contributed by atoms with Gasteiger partial charge in [-0.15, -0.1) is 12.4 Å². The van der Waals surface area contributed by atoms with E-state index in [1.807, 2.05) is 0 Å². The van der Waals surface area contributed by atoms with Crippen molar-refractivity contribution in [3.8, 4) is 0 Å². The molecule has 0 bridgehead atoms. The van der Waals surface area contributed by atoms with Crippen LogP contribution >= 0.6 is 12.4 Å². The standard InChI is InChI=1S/C10H21NO.ClH/c1-3-11(4-2)8-10-6-5-7-12-9-10;/h10H,3-9H2,1-2H3;1H/t10-;/m1./s1. The van der Waals surface area contributed by atoms with Crippen LogP contribution in [0, 0.1) is 5.92 Å². The second-order valence-electron chi connectivity index (χ2n) is 3.57. The van der Waals surface area contributed by atoms with Gasteiger partial charge in [0.05, 0.1) is 6.61 Å². The largest absolute Gasteiger partial charge is 0.381 e. The van der Waals surface area contributed by atoms with E-state index in [2.05, 4.69) is 18.7 Å². The van der Waals surface area contributed by atoms with Gasteiger partial charge >= 0.3 is 0 Å². The molecule has 0 aromatic carbocycles. The molecule has 2 nitrogen and oxygen atoms in total. The number of hydrogen-bond donors (Lipinski definition) is 0. The predicted molar refractivity (Wildman–Crippen MR) is 58.6 cm³/mol. The van der Waals surface area contributed by atoms with Gasteiger partial charge in [-0.25, -0.2) is 0 Å². The van der Waals surface area contributed by atoms with Crippen molar-refractivity contribution in [3.63, 3.8) is 0 Å². The second-order valence-corrected chi connectivity index (χ2v) is 3.57. The molecule has 80 valence electrons. The predicted octanol–water partition coefficient (Wildman–Crippen LogP) is 2.18. The van der Waals surface area contributed by atoms with E-state index in [-0.39, 0.29) is 12.4 Å². The first-order valence-electron chi connectivity index (χ1n) is 5.16. The molecule has 1 saturated heterocycles. The summed E-state index contributed by atoms with van der Waals surface area (Å²) in [5, 5.41) is 0. The Morgan fingerprint density at radius 3 is 2.46 bits per heavy atom. The van der Waals surface area contributed by atoms with Gasteiger partial charge in [-0.3, -0.25) is 0 Å². The number of halogens is 1. The van der Waals surface area contributed by atoms with Crippen molar-refractivity contribution in [3.05, 3.63) is 0 Å². The van der Waals surface area contributed by atoms with Gasteiger partial charge in [0.1, 0.15) is 0 Å². The average Bonchev–Trinajstić information content (AvgIpc) is 2.16. The lowest BCUT2D eigenvalue weighted by molar-refractivity contribution is 0.0400. The van der Waals surface area contributed by atoms with Crippen molar-refractivity contribution in [1.82, 2.24) is 4.90 Å². The molecular formula is C10H22ClNO. The fraction of sp³-hybridized carbons (Fsp3) is 1.00. The van der Waals surface area contributed by atoms with Gasteiger partial charge in [-0.2, -0.15) is 0 Å². The highest BCUT2D eigenvalue weighted by Crippen LogP contribution is 2.14. The van der Waals surface area contributed by atoms with Crippen molar-refractivity contribution < 1.29 is 4.74 Å². The molecule has 13 heavy (non-hydrogen) atoms. The lowest BCUT2D eigenvalue weighted by Gasteiger charge is -2.27. The zero-order valence-electron chi connectivity index (χ0n) is 8.79. The molecule has 0 unspecified atom stereocenters. The lowest BCUT2D eigenvalue weighted by atomic mass is 10.0. The molecule has 1 fully saturated rings. The van der Waals surface area contributed by atoms with Crippen LogP contribution in [-0.4, -0.2) is 37.7 Å². The molecular weight excluding hydrogens is 186 g/mol. The van der Waals surface area contributed by atoms with Crippen molar-refractivity contribution in [1.29, 1.82) is 0 Å². The maximum atomic E-state index is 5.45. The molecule has 0 aliphatic carbocycles. The molecule has 0 aromatic rings. The minimum Gasteiger partial charge on any atom is -0.381 e. The fourth-order valence-electron chi connectivity index (χ4n) is 1.80. The Bertz CT molecular complexity index is 111. The Kier molecular flexibility index (Phi) is 7.72. The number of ether oxygens (including phenoxy) is 1. The summed E-state index contributed by atoms with van der Waals surface area (Å²) < 4.78 is 5.45. The Hall–Kier alpha value is 0.210. The Labute approximate surface area is 88.0 Å². The average molecular weight is 208 g/mol. The van der Waals surface area contributed by atoms with Crippen LogP contribution in [0.1, 0.15) is 26.7 Å². The summed E-state index contributed by atoms with van der Waals surface area (Å²) in [5.41, 5.74) is 0. The van der Waals surface area contributed by atoms with Gasteiger partial charge < -0.3 is 9.64 Å². The van der Waals surface area contributed by atoms with Crippen LogP contribution < -0.4 is 0 Å². The molecule has 0 N–H and O–H groups in total. The summed E-state index contributed by atoms with van der Waals surface area (Å²) in [6.07, 6.45) is 2.61. The number of hydrogen-bond acceptors (Lipinski definition) is 2. The van der Waals surface area contributed by atoms with Gasteiger partial charge in [-0.1, -0.05) is 13.8 Å². The summed E-state index contributed by atoms with van der Waals surface area (Å²) in [4.78, 5) is 2.49. The third-order valence-corrected chi connectivity index (χ3v) is 2.67. The second kappa shape index (κ2) is 7.60. The Morgan fingerprint density at radius 2 is 2.00 bits per heavy atom. The fourth-order valence-corrected chi connectivity index (χ4v) is 1.80. The maximum Gasteiger partial charge on any atom is 0.0506 e. The molecule has 1 aliphatic rings. The van der Waals surface area contributed by atoms with Gasteiger partial charge in [0.25, 0.3) is 0 Å². The first kappa shape index (κ1) is 13.2. The molecule has 0 spiro atoms. The molecule has 0 saturated carbocycles. The molecule has 1 aliphatic heterocycles. The van der Waals surface area contributed by atoms with Gasteiger partial charge in [0.15, 0.2) is 0 Å². The summed E-state index contributed by atoms with van der Waals surface area (Å²) in [7, 11) is 0. The molecule has 3 heteroatoms. The monoisotopic (exact) mass is 207 g/mol. The van der Waals surface area contributed by atoms with Gasteiger partial charge in [0.2, 0.25) is 0 Å². The summed E-state index contributed by atoms with van der Waals surface area (Å²) >= 11 is 0. The number of rotatable bonds is 4. The zero-order valence-corrected chi connectivity index (χ0v) is 9.61. The minimum absolute atomic E-state index is 0. The van der Waals surface area contributed by atoms with Crippen molar-refractivity contribution >= 4 is 12.4 Å². The van der Waals surface area contributed by atoms with Gasteiger partial charge in [-0.05, 0) is 31.8 Å². The van der Waals surface area contributed by atoms with Crippen LogP contribution in [0.5, 0.6) is 0 Å². The highest BCUT2D eigenvalue weighted by atomic mass is 35.5. The van der Waals surface area contributed by atoms with Crippen LogP contribution in [0.2, 0.25) is 0 Å². The third-order valence-electron chi connectivity index (χ3n) is 2.67. The Morgan fingerprint density at radius 1 is 1.31 bits per heavy atom. The van der Waals surface area contributed by atoms with E-state index in [0.717, 1.165) is 19.1 Å². The quantitative estimate of drug-likeness (QED) is 0.701. The summed E-state index contributed by atoms with van der Waals surface area (Å²) in [6.45, 7) is 10.00. The molecule has 1 heterocycles. The first-order chi connectivity index (χ1) is 5.86. The maximum absolute atomic E-state index is 5.45. The van der Waals surface area contributed by atoms with Crippen molar-refractivity contribution in [2.45, 2.75) is 26.7 Å². The molecule has 1 atom stereocenters. The van der Waals surface area contributed by atoms with E-state index in [9.17, 15) is 0 Å². The van der Waals surface area contributed by atoms with E-state index >= 15 is 0 Å². The SMILES string of the molecule is CCN(CC)C[C@H]1CCCOC1.Cl. The highest BCUT2D eigenvalue weighted by Gasteiger charge is 2.15. The van der Waals surface area contributed by atoms with Crippen molar-refractivity contribution in [2.75, 3.05) is 32.8 Å². The Balaban J connectivity index is 0.00000144. The first-order valence-corrected chi connectivity index (χ1v) is 5.16. The summed E-state index contributed by atoms with van der Waals surface area (Å²) in [6, 6.07) is 0. The minimum atomic E-state index is 0. The van der Waals surface area contributed by atoms with Crippen LogP contribution in [0.25, 0.3) is 0 Å². The third kappa shape index (κ3) is 4.84. The number of nitrogens with zero attached hydrogens (tertiary/aromatic N) is 1. The molecule has 0 radical (unpaired) electrons. The zero-order chi connectivity index (χ0) is 8.81. The van der Waals surface area contributed by atoms with Crippen LogP contribution in [-0.2, 0) is 4.74 Å². The van der Waals surface area contributed by atoms with Gasteiger partial charge in [0, 0.05) is 13.2 Å². The van der Waals surface area contributed by atoms with Crippen LogP contribution in [0.3, 0.4) is 0 Å². The topological polar surface area (TPSA) is 12.5 Å². The van der Waals surface area contributed by atoms with E-state index in [1.54, 1.807) is 0 Å². The summed E-state index contributed by atoms with van der Waals surface area (Å²) in [5.74, 6) is 0.790. The van der Waals surface area contributed by atoms with E-state index in [0.29, 0.717) is 0 Å². The lowest BCUT2D eigenvalue weighted by Crippen LogP contribution is -2.33. The van der Waals surface area contributed by atoms with E-state index in [4.69, 9.17) is 4.74 Å². The van der Waals surface area contributed by atoms with Crippen LogP contribution in [0.4, 0.5) is 0 Å².